The van der Waals surface area contributed by atoms with Gasteiger partial charge in [-0.1, -0.05) is 12.2 Å². The van der Waals surface area contributed by atoms with Gasteiger partial charge in [0.2, 0.25) is 11.8 Å². The number of pyridine rings is 1. The number of alkyl halides is 3. The smallest absolute Gasteiger partial charge is 0.433 e. The molecule has 1 N–H and O–H groups in total. The molecule has 0 bridgehead atoms. The quantitative estimate of drug-likeness (QED) is 0.580. The largest absolute Gasteiger partial charge is 0.473 e. The SMILES string of the molecule is O=C1CN2C3=CC(OCc4cc(F)c(Oc5ccnc(C(F)(F)F)c5)c(F)c4)=N/C(=C4/C=CC4)N3CC2CN1. The number of nitrogens with zero attached hydrogens (tertiary/aromatic N) is 4. The minimum atomic E-state index is -4.74. The van der Waals surface area contributed by atoms with E-state index in [0.717, 1.165) is 42.2 Å². The van der Waals surface area contributed by atoms with Crippen molar-refractivity contribution < 1.29 is 36.2 Å². The predicted molar refractivity (Wildman–Crippen MR) is 127 cm³/mol. The molecule has 4 heterocycles. The highest BCUT2D eigenvalue weighted by Crippen LogP contribution is 2.37. The number of benzene rings is 1. The van der Waals surface area contributed by atoms with Crippen LogP contribution < -0.4 is 10.1 Å². The number of ether oxygens (including phenoxy) is 2. The van der Waals surface area contributed by atoms with E-state index in [0.29, 0.717) is 25.0 Å². The summed E-state index contributed by atoms with van der Waals surface area (Å²) in [5, 5.41) is 2.87. The molecule has 0 spiro atoms. The molecule has 4 aliphatic rings. The zero-order valence-electron chi connectivity index (χ0n) is 20.1. The van der Waals surface area contributed by atoms with Gasteiger partial charge in [-0.05, 0) is 35.8 Å². The molecule has 8 nitrogen and oxygen atoms in total. The van der Waals surface area contributed by atoms with Crippen LogP contribution in [0.5, 0.6) is 11.5 Å². The average Bonchev–Trinajstić information content (AvgIpc) is 3.22. The minimum absolute atomic E-state index is 0.0755. The van der Waals surface area contributed by atoms with Crippen LogP contribution in [0.4, 0.5) is 22.0 Å². The van der Waals surface area contributed by atoms with Gasteiger partial charge in [-0.15, -0.1) is 0 Å². The normalized spacial score (nSPS) is 22.0. The molecule has 0 radical (unpaired) electrons. The van der Waals surface area contributed by atoms with E-state index in [1.54, 1.807) is 6.08 Å². The average molecular weight is 545 g/mol. The third-order valence-corrected chi connectivity index (χ3v) is 6.61. The Kier molecular flexibility index (Phi) is 6.00. The Bertz CT molecular complexity index is 1460. The zero-order valence-corrected chi connectivity index (χ0v) is 20.1. The molecule has 13 heteroatoms. The van der Waals surface area contributed by atoms with E-state index in [2.05, 4.69) is 15.3 Å². The first-order valence-electron chi connectivity index (χ1n) is 12.0. The summed E-state index contributed by atoms with van der Waals surface area (Å²) in [5.41, 5.74) is -0.132. The number of piperazine rings is 1. The number of aliphatic imine (C=N–C) groups is 1. The van der Waals surface area contributed by atoms with Crippen molar-refractivity contribution in [2.45, 2.75) is 25.2 Å². The Morgan fingerprint density at radius 1 is 1.15 bits per heavy atom. The molecule has 202 valence electrons. The van der Waals surface area contributed by atoms with Crippen molar-refractivity contribution in [1.29, 1.82) is 0 Å². The van der Waals surface area contributed by atoms with Gasteiger partial charge in [0.05, 0.1) is 12.6 Å². The molecule has 6 rings (SSSR count). The number of halogens is 5. The van der Waals surface area contributed by atoms with E-state index in [1.165, 1.54) is 0 Å². The van der Waals surface area contributed by atoms with Crippen LogP contribution in [-0.4, -0.2) is 52.3 Å². The number of aromatic nitrogens is 1. The fraction of sp³-hybridized carbons (Fsp3) is 0.269. The molecule has 1 aliphatic carbocycles. The number of amides is 1. The minimum Gasteiger partial charge on any atom is -0.473 e. The molecule has 2 aromatic rings. The highest BCUT2D eigenvalue weighted by molar-refractivity contribution is 5.91. The van der Waals surface area contributed by atoms with E-state index in [9.17, 15) is 26.7 Å². The number of carbonyl (C=O) groups excluding carboxylic acids is 1. The summed E-state index contributed by atoms with van der Waals surface area (Å²) in [5.74, 6) is -1.92. The van der Waals surface area contributed by atoms with E-state index in [1.807, 2.05) is 22.0 Å². The topological polar surface area (TPSA) is 79.3 Å². The Labute approximate surface area is 218 Å². The van der Waals surface area contributed by atoms with Gasteiger partial charge in [0.15, 0.2) is 17.4 Å². The summed E-state index contributed by atoms with van der Waals surface area (Å²) in [6, 6.07) is 3.64. The van der Waals surface area contributed by atoms with Crippen molar-refractivity contribution in [1.82, 2.24) is 20.1 Å². The van der Waals surface area contributed by atoms with Crippen LogP contribution in [0, 0.1) is 11.6 Å². The zero-order chi connectivity index (χ0) is 27.3. The van der Waals surface area contributed by atoms with Crippen LogP contribution in [0.25, 0.3) is 0 Å². The second-order valence-electron chi connectivity index (χ2n) is 9.26. The van der Waals surface area contributed by atoms with Crippen LogP contribution in [0.15, 0.2) is 70.9 Å². The molecule has 1 aromatic heterocycles. The first kappa shape index (κ1) is 24.9. The van der Waals surface area contributed by atoms with Gasteiger partial charge in [-0.25, -0.2) is 8.78 Å². The Morgan fingerprint density at radius 3 is 2.62 bits per heavy atom. The summed E-state index contributed by atoms with van der Waals surface area (Å²) in [4.78, 5) is 23.8. The lowest BCUT2D eigenvalue weighted by Gasteiger charge is -2.32. The number of hydrogen-bond donors (Lipinski definition) is 1. The fourth-order valence-electron chi connectivity index (χ4n) is 4.65. The second kappa shape index (κ2) is 9.40. The van der Waals surface area contributed by atoms with E-state index >= 15 is 0 Å². The third-order valence-electron chi connectivity index (χ3n) is 6.61. The number of fused-ring (bicyclic) bond motifs is 3. The van der Waals surface area contributed by atoms with Crippen LogP contribution in [0.2, 0.25) is 0 Å². The molecule has 1 aromatic carbocycles. The molecule has 39 heavy (non-hydrogen) atoms. The lowest BCUT2D eigenvalue weighted by atomic mass is 10.0. The summed E-state index contributed by atoms with van der Waals surface area (Å²) in [6.07, 6.45) is 2.47. The Hall–Kier alpha value is -4.42. The van der Waals surface area contributed by atoms with Gasteiger partial charge in [0, 0.05) is 31.4 Å². The van der Waals surface area contributed by atoms with Gasteiger partial charge >= 0.3 is 6.18 Å². The highest BCUT2D eigenvalue weighted by Gasteiger charge is 2.42. The van der Waals surface area contributed by atoms with Gasteiger partial charge in [0.1, 0.15) is 29.7 Å². The number of carbonyl (C=O) groups is 1. The van der Waals surface area contributed by atoms with Crippen LogP contribution >= 0.6 is 0 Å². The van der Waals surface area contributed by atoms with E-state index in [4.69, 9.17) is 9.47 Å². The van der Waals surface area contributed by atoms with Gasteiger partial charge in [-0.2, -0.15) is 18.2 Å². The third kappa shape index (κ3) is 4.79. The van der Waals surface area contributed by atoms with Crippen molar-refractivity contribution in [3.05, 3.63) is 88.8 Å². The molecule has 2 fully saturated rings. The maximum absolute atomic E-state index is 14.7. The molecule has 0 saturated carbocycles. The lowest BCUT2D eigenvalue weighted by molar-refractivity contribution is -0.141. The fourth-order valence-corrected chi connectivity index (χ4v) is 4.65. The van der Waals surface area contributed by atoms with Crippen molar-refractivity contribution in [2.75, 3.05) is 19.6 Å². The first-order chi connectivity index (χ1) is 18.7. The van der Waals surface area contributed by atoms with E-state index in [-0.39, 0.29) is 36.6 Å². The molecule has 3 aliphatic heterocycles. The lowest BCUT2D eigenvalue weighted by Crippen LogP contribution is -2.51. The molecule has 2 saturated heterocycles. The van der Waals surface area contributed by atoms with Crippen LogP contribution in [0.3, 0.4) is 0 Å². The standard InChI is InChI=1S/C26H20F5N5O3/c27-18-6-14(7-19(28)24(18)39-17-4-5-32-20(8-17)26(29,30)31)13-38-22-9-23-35-12-21(37)33-10-16(35)11-36(23)25(34-22)15-2-1-3-15/h1-2,4-9,16H,3,10-13H2,(H,33,37)/b25-15+. The number of nitrogens with one attached hydrogen (secondary N) is 1. The molecule has 1 unspecified atom stereocenters. The second-order valence-corrected chi connectivity index (χ2v) is 9.26. The van der Waals surface area contributed by atoms with Gasteiger partial charge in [-0.3, -0.25) is 9.78 Å². The number of rotatable bonds is 4. The number of hydrogen-bond acceptors (Lipinski definition) is 7. The van der Waals surface area contributed by atoms with E-state index < -0.39 is 35.0 Å². The van der Waals surface area contributed by atoms with Gasteiger partial charge in [0.25, 0.3) is 0 Å². The molecule has 1 amide bonds. The maximum atomic E-state index is 14.7. The Balaban J connectivity index is 1.21. The van der Waals surface area contributed by atoms with Crippen molar-refractivity contribution in [3.8, 4) is 11.5 Å². The number of allylic oxidation sites excluding steroid dienone is 3. The van der Waals surface area contributed by atoms with Crippen LogP contribution in [0.1, 0.15) is 17.7 Å². The molecular formula is C26H20F5N5O3. The molecule has 1 atom stereocenters. The molecular weight excluding hydrogens is 525 g/mol. The predicted octanol–water partition coefficient (Wildman–Crippen LogP) is 4.23. The van der Waals surface area contributed by atoms with Crippen molar-refractivity contribution in [3.63, 3.8) is 0 Å². The summed E-state index contributed by atoms with van der Waals surface area (Å²) < 4.78 is 79.1. The maximum Gasteiger partial charge on any atom is 0.433 e. The highest BCUT2D eigenvalue weighted by atomic mass is 19.4. The summed E-state index contributed by atoms with van der Waals surface area (Å²) >= 11 is 0. The van der Waals surface area contributed by atoms with Crippen molar-refractivity contribution in [2.24, 2.45) is 4.99 Å². The van der Waals surface area contributed by atoms with Crippen LogP contribution in [-0.2, 0) is 22.3 Å². The summed E-state index contributed by atoms with van der Waals surface area (Å²) in [7, 11) is 0. The monoisotopic (exact) mass is 545 g/mol. The van der Waals surface area contributed by atoms with Gasteiger partial charge < -0.3 is 24.6 Å². The Morgan fingerprint density at radius 2 is 1.92 bits per heavy atom. The summed E-state index contributed by atoms with van der Waals surface area (Å²) in [6.45, 7) is 1.10. The first-order valence-corrected chi connectivity index (χ1v) is 12.0. The van der Waals surface area contributed by atoms with Crippen molar-refractivity contribution >= 4 is 11.8 Å².